The fraction of sp³-hybridized carbons (Fsp3) is 0.914. The molecule has 0 aromatic heterocycles. The number of unbranched alkanes of at least 4 members (excludes halogenated alkanes) is 40. The molecule has 0 amide bonds. The zero-order valence-corrected chi connectivity index (χ0v) is 43.3. The van der Waals surface area contributed by atoms with Crippen molar-refractivity contribution >= 4 is 17.9 Å². The number of hydrogen-bond donors (Lipinski definition) is 0. The number of ether oxygens (including phenoxy) is 3. The summed E-state index contributed by atoms with van der Waals surface area (Å²) in [5, 5.41) is 0. The molecule has 378 valence electrons. The molecule has 0 rings (SSSR count). The normalized spacial score (nSPS) is 12.0. The number of hydrogen-bond acceptors (Lipinski definition) is 6. The number of allylic oxidation sites excluding steroid dienone is 2. The van der Waals surface area contributed by atoms with E-state index in [1.54, 1.807) is 0 Å². The second-order valence-corrected chi connectivity index (χ2v) is 19.6. The van der Waals surface area contributed by atoms with Crippen molar-refractivity contribution in [1.29, 1.82) is 0 Å². The van der Waals surface area contributed by atoms with Crippen LogP contribution in [0.3, 0.4) is 0 Å². The molecule has 0 bridgehead atoms. The van der Waals surface area contributed by atoms with E-state index in [0.717, 1.165) is 64.2 Å². The Morgan fingerprint density at radius 1 is 0.297 bits per heavy atom. The molecule has 0 aliphatic rings. The van der Waals surface area contributed by atoms with Gasteiger partial charge >= 0.3 is 17.9 Å². The average molecular weight is 904 g/mol. The monoisotopic (exact) mass is 903 g/mol. The van der Waals surface area contributed by atoms with Crippen molar-refractivity contribution in [2.24, 2.45) is 0 Å². The Bertz CT molecular complexity index is 993. The summed E-state index contributed by atoms with van der Waals surface area (Å²) in [6.07, 6.45) is 60.7. The lowest BCUT2D eigenvalue weighted by molar-refractivity contribution is -0.167. The van der Waals surface area contributed by atoms with Gasteiger partial charge in [0.05, 0.1) is 0 Å². The minimum Gasteiger partial charge on any atom is -0.462 e. The Balaban J connectivity index is 4.16. The fourth-order valence-electron chi connectivity index (χ4n) is 8.66. The van der Waals surface area contributed by atoms with E-state index in [0.29, 0.717) is 19.3 Å². The van der Waals surface area contributed by atoms with Crippen LogP contribution in [0.4, 0.5) is 0 Å². The molecule has 0 saturated heterocycles. The minimum atomic E-state index is -0.766. The number of carbonyl (C=O) groups is 3. The zero-order valence-electron chi connectivity index (χ0n) is 43.3. The van der Waals surface area contributed by atoms with Crippen LogP contribution in [0.15, 0.2) is 12.2 Å². The van der Waals surface area contributed by atoms with Gasteiger partial charge < -0.3 is 14.2 Å². The third-order valence-corrected chi connectivity index (χ3v) is 13.0. The summed E-state index contributed by atoms with van der Waals surface area (Å²) in [5.41, 5.74) is 0. The molecule has 0 aliphatic heterocycles. The Morgan fingerprint density at radius 3 is 0.828 bits per heavy atom. The Hall–Kier alpha value is -1.85. The Labute approximate surface area is 399 Å². The molecule has 0 heterocycles. The molecule has 0 fully saturated rings. The van der Waals surface area contributed by atoms with Crippen LogP contribution in [0.1, 0.15) is 323 Å². The van der Waals surface area contributed by atoms with Crippen molar-refractivity contribution in [3.05, 3.63) is 12.2 Å². The smallest absolute Gasteiger partial charge is 0.306 e. The lowest BCUT2D eigenvalue weighted by atomic mass is 10.0. The highest BCUT2D eigenvalue weighted by atomic mass is 16.6. The first-order valence-corrected chi connectivity index (χ1v) is 28.7. The largest absolute Gasteiger partial charge is 0.462 e. The first kappa shape index (κ1) is 62.1. The third-order valence-electron chi connectivity index (χ3n) is 13.0. The molecule has 1 unspecified atom stereocenters. The van der Waals surface area contributed by atoms with E-state index < -0.39 is 6.10 Å². The van der Waals surface area contributed by atoms with E-state index >= 15 is 0 Å². The predicted molar refractivity (Wildman–Crippen MR) is 275 cm³/mol. The lowest BCUT2D eigenvalue weighted by Gasteiger charge is -2.18. The minimum absolute atomic E-state index is 0.0669. The molecule has 0 saturated carbocycles. The molecule has 0 aliphatic carbocycles. The van der Waals surface area contributed by atoms with Crippen LogP contribution in [0.25, 0.3) is 0 Å². The van der Waals surface area contributed by atoms with E-state index in [1.807, 2.05) is 0 Å². The van der Waals surface area contributed by atoms with Gasteiger partial charge in [-0.05, 0) is 38.5 Å². The van der Waals surface area contributed by atoms with E-state index in [9.17, 15) is 14.4 Å². The van der Waals surface area contributed by atoms with Crippen LogP contribution in [0.5, 0.6) is 0 Å². The standard InChI is InChI=1S/C58H110O6/c1-4-7-10-13-16-19-22-24-25-26-27-28-29-30-31-32-33-34-37-39-42-45-48-51-57(60)63-54-55(53-62-56(59)50-47-44-41-38-35-21-18-15-12-9-6-3)64-58(61)52-49-46-43-40-36-23-20-17-14-11-8-5-2/h15,18,55H,4-14,16-17,19-54H2,1-3H3/b18-15-. The van der Waals surface area contributed by atoms with Crippen LogP contribution in [0, 0.1) is 0 Å². The maximum Gasteiger partial charge on any atom is 0.306 e. The SMILES string of the molecule is CCCC/C=C\CCCCCCCC(=O)OCC(COC(=O)CCCCCCCCCCCCCCCCCCCCCCCCC)OC(=O)CCCCCCCCCCCCCC. The zero-order chi connectivity index (χ0) is 46.5. The molecule has 0 N–H and O–H groups in total. The van der Waals surface area contributed by atoms with Gasteiger partial charge in [0.2, 0.25) is 0 Å². The first-order valence-electron chi connectivity index (χ1n) is 28.7. The van der Waals surface area contributed by atoms with Gasteiger partial charge in [-0.3, -0.25) is 14.4 Å². The molecule has 0 aromatic carbocycles. The summed E-state index contributed by atoms with van der Waals surface area (Å²) in [7, 11) is 0. The third kappa shape index (κ3) is 51.1. The summed E-state index contributed by atoms with van der Waals surface area (Å²) in [6.45, 7) is 6.64. The van der Waals surface area contributed by atoms with Crippen LogP contribution in [-0.2, 0) is 28.6 Å². The summed E-state index contributed by atoms with van der Waals surface area (Å²) in [6, 6.07) is 0. The highest BCUT2D eigenvalue weighted by molar-refractivity contribution is 5.71. The van der Waals surface area contributed by atoms with E-state index in [4.69, 9.17) is 14.2 Å². The van der Waals surface area contributed by atoms with Gasteiger partial charge in [-0.15, -0.1) is 0 Å². The van der Waals surface area contributed by atoms with Gasteiger partial charge in [0.15, 0.2) is 6.10 Å². The van der Waals surface area contributed by atoms with Crippen molar-refractivity contribution in [3.63, 3.8) is 0 Å². The Morgan fingerprint density at radius 2 is 0.531 bits per heavy atom. The van der Waals surface area contributed by atoms with E-state index in [2.05, 4.69) is 32.9 Å². The molecule has 64 heavy (non-hydrogen) atoms. The molecular formula is C58H110O6. The van der Waals surface area contributed by atoms with Crippen LogP contribution < -0.4 is 0 Å². The number of esters is 3. The molecule has 0 spiro atoms. The topological polar surface area (TPSA) is 78.9 Å². The molecular weight excluding hydrogens is 793 g/mol. The van der Waals surface area contributed by atoms with Gasteiger partial charge in [-0.1, -0.05) is 277 Å². The van der Waals surface area contributed by atoms with E-state index in [-0.39, 0.29) is 31.1 Å². The highest BCUT2D eigenvalue weighted by Crippen LogP contribution is 2.17. The van der Waals surface area contributed by atoms with Crippen molar-refractivity contribution < 1.29 is 28.6 Å². The summed E-state index contributed by atoms with van der Waals surface area (Å²) in [4.78, 5) is 38.0. The Kier molecular flexibility index (Phi) is 52.2. The maximum atomic E-state index is 12.8. The van der Waals surface area contributed by atoms with Crippen molar-refractivity contribution in [1.82, 2.24) is 0 Å². The van der Waals surface area contributed by atoms with Gasteiger partial charge in [0.25, 0.3) is 0 Å². The van der Waals surface area contributed by atoms with Crippen molar-refractivity contribution in [2.45, 2.75) is 329 Å². The average Bonchev–Trinajstić information content (AvgIpc) is 3.29. The second kappa shape index (κ2) is 53.8. The molecule has 6 nitrogen and oxygen atoms in total. The predicted octanol–water partition coefficient (Wildman–Crippen LogP) is 18.9. The quantitative estimate of drug-likeness (QED) is 0.0262. The molecule has 0 aromatic rings. The van der Waals surface area contributed by atoms with Gasteiger partial charge in [0, 0.05) is 19.3 Å². The van der Waals surface area contributed by atoms with Gasteiger partial charge in [-0.2, -0.15) is 0 Å². The lowest BCUT2D eigenvalue weighted by Crippen LogP contribution is -2.30. The van der Waals surface area contributed by atoms with Crippen molar-refractivity contribution in [2.75, 3.05) is 13.2 Å². The number of carbonyl (C=O) groups excluding carboxylic acids is 3. The van der Waals surface area contributed by atoms with Crippen LogP contribution in [0.2, 0.25) is 0 Å². The fourth-order valence-corrected chi connectivity index (χ4v) is 8.66. The van der Waals surface area contributed by atoms with Gasteiger partial charge in [-0.25, -0.2) is 0 Å². The maximum absolute atomic E-state index is 12.8. The summed E-state index contributed by atoms with van der Waals surface area (Å²) < 4.78 is 16.8. The van der Waals surface area contributed by atoms with Crippen LogP contribution in [-0.4, -0.2) is 37.2 Å². The second-order valence-electron chi connectivity index (χ2n) is 19.6. The first-order chi connectivity index (χ1) is 31.5. The molecule has 0 radical (unpaired) electrons. The number of rotatable bonds is 53. The summed E-state index contributed by atoms with van der Waals surface area (Å²) in [5.74, 6) is -0.857. The molecule has 1 atom stereocenters. The summed E-state index contributed by atoms with van der Waals surface area (Å²) >= 11 is 0. The van der Waals surface area contributed by atoms with Gasteiger partial charge in [0.1, 0.15) is 13.2 Å². The molecule has 6 heteroatoms. The van der Waals surface area contributed by atoms with Crippen LogP contribution >= 0.6 is 0 Å². The highest BCUT2D eigenvalue weighted by Gasteiger charge is 2.19. The van der Waals surface area contributed by atoms with E-state index in [1.165, 1.54) is 218 Å². The van der Waals surface area contributed by atoms with Crippen molar-refractivity contribution in [3.8, 4) is 0 Å².